The van der Waals surface area contributed by atoms with Gasteiger partial charge in [0.05, 0.1) is 29.6 Å². The van der Waals surface area contributed by atoms with E-state index in [0.717, 1.165) is 37.0 Å². The highest BCUT2D eigenvalue weighted by molar-refractivity contribution is 5.71. The van der Waals surface area contributed by atoms with Crippen molar-refractivity contribution in [1.82, 2.24) is 14.2 Å². The lowest BCUT2D eigenvalue weighted by Crippen LogP contribution is -2.34. The Bertz CT molecular complexity index is 1520. The average molecular weight is 499 g/mol. The number of hydrogen-bond acceptors (Lipinski definition) is 4. The summed E-state index contributed by atoms with van der Waals surface area (Å²) >= 11 is 0. The van der Waals surface area contributed by atoms with Gasteiger partial charge in [-0.15, -0.1) is 0 Å². The third kappa shape index (κ3) is 4.82. The highest BCUT2D eigenvalue weighted by atomic mass is 19.1. The molecule has 1 aliphatic carbocycles. The Kier molecular flexibility index (Phi) is 7.20. The second-order valence-corrected chi connectivity index (χ2v) is 9.92. The predicted molar refractivity (Wildman–Crippen MR) is 141 cm³/mol. The molecule has 7 heteroatoms. The maximum atomic E-state index is 15.3. The summed E-state index contributed by atoms with van der Waals surface area (Å²) in [7, 11) is 0. The fourth-order valence-corrected chi connectivity index (χ4v) is 5.54. The van der Waals surface area contributed by atoms with Gasteiger partial charge < -0.3 is 5.11 Å². The highest BCUT2D eigenvalue weighted by Gasteiger charge is 2.26. The number of aryl methyl sites for hydroxylation is 1. The fraction of sp³-hybridized carbons (Fsp3) is 0.367. The lowest BCUT2D eigenvalue weighted by atomic mass is 9.92. The molecule has 190 valence electrons. The van der Waals surface area contributed by atoms with E-state index >= 15 is 4.39 Å². The van der Waals surface area contributed by atoms with Crippen LogP contribution < -0.4 is 5.56 Å². The number of hydrogen-bond donors (Lipinski definition) is 1. The molecule has 0 radical (unpaired) electrons. The molecular weight excluding hydrogens is 467 g/mol. The number of benzene rings is 2. The number of aliphatic hydroxyl groups excluding tert-OH is 1. The smallest absolute Gasteiger partial charge is 0.257 e. The Morgan fingerprint density at radius 3 is 2.62 bits per heavy atom. The molecule has 0 spiro atoms. The van der Waals surface area contributed by atoms with Gasteiger partial charge >= 0.3 is 0 Å². The van der Waals surface area contributed by atoms with Crippen LogP contribution in [0.3, 0.4) is 0 Å². The van der Waals surface area contributed by atoms with E-state index in [1.807, 2.05) is 21.2 Å². The summed E-state index contributed by atoms with van der Waals surface area (Å²) in [4.78, 5) is 14.0. The molecule has 0 saturated heterocycles. The summed E-state index contributed by atoms with van der Waals surface area (Å²) in [5, 5.41) is 24.0. The number of halogens is 1. The minimum absolute atomic E-state index is 0.00401. The summed E-state index contributed by atoms with van der Waals surface area (Å²) < 4.78 is 19.1. The van der Waals surface area contributed by atoms with E-state index in [0.29, 0.717) is 53.5 Å². The number of unbranched alkanes of at least 4 members (excludes halogenated alkanes) is 1. The zero-order chi connectivity index (χ0) is 25.9. The maximum absolute atomic E-state index is 15.3. The van der Waals surface area contributed by atoms with Crippen LogP contribution in [0.15, 0.2) is 59.5 Å². The topological polar surface area (TPSA) is 83.3 Å². The molecule has 0 atom stereocenters. The molecule has 0 aliphatic heterocycles. The predicted octanol–water partition coefficient (Wildman–Crippen LogP) is 5.58. The Morgan fingerprint density at radius 2 is 1.89 bits per heavy atom. The van der Waals surface area contributed by atoms with E-state index in [1.54, 1.807) is 36.5 Å². The second-order valence-electron chi connectivity index (χ2n) is 9.92. The lowest BCUT2D eigenvalue weighted by Gasteiger charge is -2.29. The summed E-state index contributed by atoms with van der Waals surface area (Å²) in [6.07, 6.45) is 7.11. The molecule has 2 heterocycles. The van der Waals surface area contributed by atoms with Crippen LogP contribution in [-0.2, 0) is 12.8 Å². The Labute approximate surface area is 215 Å². The van der Waals surface area contributed by atoms with Crippen LogP contribution in [0.5, 0.6) is 0 Å². The van der Waals surface area contributed by atoms with Crippen LogP contribution in [0.4, 0.5) is 4.39 Å². The van der Waals surface area contributed by atoms with Gasteiger partial charge in [-0.05, 0) is 56.2 Å². The molecule has 0 bridgehead atoms. The first-order valence-electron chi connectivity index (χ1n) is 13.1. The SMILES string of the molecule is CCCCc1c(Cc2ccc(-c3ccccc3C#N)c(F)c2)c(=O)n(C2CCC(O)CC2)c2ccnn12. The molecule has 37 heavy (non-hydrogen) atoms. The Hall–Kier alpha value is -3.76. The van der Waals surface area contributed by atoms with Gasteiger partial charge in [-0.1, -0.05) is 43.7 Å². The van der Waals surface area contributed by atoms with Crippen LogP contribution >= 0.6 is 0 Å². The lowest BCUT2D eigenvalue weighted by molar-refractivity contribution is 0.110. The van der Waals surface area contributed by atoms with Gasteiger partial charge in [-0.2, -0.15) is 10.4 Å². The second kappa shape index (κ2) is 10.7. The van der Waals surface area contributed by atoms with Crippen molar-refractivity contribution >= 4 is 5.65 Å². The standard InChI is InChI=1S/C30H31FN4O2/c1-2-3-8-28-26(17-20-9-14-25(27(31)18-20)24-7-5-4-6-21(24)19-32)30(37)34(29-15-16-33-35(28)29)22-10-12-23(36)13-11-22/h4-7,9,14-16,18,22-23,36H,2-3,8,10-13,17H2,1H3. The summed E-state index contributed by atoms with van der Waals surface area (Å²) in [6.45, 7) is 2.11. The maximum Gasteiger partial charge on any atom is 0.257 e. The van der Waals surface area contributed by atoms with Gasteiger partial charge in [-0.25, -0.2) is 8.91 Å². The molecule has 1 aliphatic rings. The van der Waals surface area contributed by atoms with Crippen molar-refractivity contribution < 1.29 is 9.50 Å². The van der Waals surface area contributed by atoms with Crippen LogP contribution in [0, 0.1) is 17.1 Å². The van der Waals surface area contributed by atoms with Crippen molar-refractivity contribution in [1.29, 1.82) is 5.26 Å². The first-order valence-corrected chi connectivity index (χ1v) is 13.1. The van der Waals surface area contributed by atoms with Crippen molar-refractivity contribution in [3.8, 4) is 17.2 Å². The first-order chi connectivity index (χ1) is 18.0. The summed E-state index contributed by atoms with van der Waals surface area (Å²) in [5.74, 6) is -0.419. The molecule has 0 amide bonds. The van der Waals surface area contributed by atoms with Gasteiger partial charge in [0, 0.05) is 35.2 Å². The van der Waals surface area contributed by atoms with E-state index < -0.39 is 5.82 Å². The Morgan fingerprint density at radius 1 is 1.11 bits per heavy atom. The van der Waals surface area contributed by atoms with Gasteiger partial charge in [0.15, 0.2) is 0 Å². The zero-order valence-corrected chi connectivity index (χ0v) is 21.0. The minimum Gasteiger partial charge on any atom is -0.393 e. The summed E-state index contributed by atoms with van der Waals surface area (Å²) in [6, 6.07) is 16.0. The van der Waals surface area contributed by atoms with Gasteiger partial charge in [0.2, 0.25) is 0 Å². The molecule has 1 fully saturated rings. The van der Waals surface area contributed by atoms with Crippen molar-refractivity contribution in [2.24, 2.45) is 0 Å². The van der Waals surface area contributed by atoms with Gasteiger partial charge in [0.1, 0.15) is 11.5 Å². The third-order valence-electron chi connectivity index (χ3n) is 7.50. The number of fused-ring (bicyclic) bond motifs is 1. The van der Waals surface area contributed by atoms with Gasteiger partial charge in [-0.3, -0.25) is 9.36 Å². The minimum atomic E-state index is -0.419. The number of nitriles is 1. The van der Waals surface area contributed by atoms with Crippen LogP contribution in [0.2, 0.25) is 0 Å². The molecule has 2 aromatic heterocycles. The van der Waals surface area contributed by atoms with Crippen molar-refractivity contribution in [3.05, 3.63) is 93.3 Å². The van der Waals surface area contributed by atoms with E-state index in [9.17, 15) is 15.2 Å². The van der Waals surface area contributed by atoms with E-state index in [4.69, 9.17) is 0 Å². The molecular formula is C30H31FN4O2. The van der Waals surface area contributed by atoms with E-state index in [-0.39, 0.29) is 17.7 Å². The van der Waals surface area contributed by atoms with Crippen LogP contribution in [-0.4, -0.2) is 25.4 Å². The van der Waals surface area contributed by atoms with Gasteiger partial charge in [0.25, 0.3) is 5.56 Å². The molecule has 1 saturated carbocycles. The molecule has 0 unspecified atom stereocenters. The third-order valence-corrected chi connectivity index (χ3v) is 7.50. The highest BCUT2D eigenvalue weighted by Crippen LogP contribution is 2.31. The monoisotopic (exact) mass is 498 g/mol. The van der Waals surface area contributed by atoms with Crippen molar-refractivity contribution in [3.63, 3.8) is 0 Å². The molecule has 1 N–H and O–H groups in total. The van der Waals surface area contributed by atoms with Crippen LogP contribution in [0.25, 0.3) is 16.8 Å². The first kappa shape index (κ1) is 24.9. The fourth-order valence-electron chi connectivity index (χ4n) is 5.54. The number of aromatic nitrogens is 3. The molecule has 5 rings (SSSR count). The zero-order valence-electron chi connectivity index (χ0n) is 21.0. The van der Waals surface area contributed by atoms with E-state index in [2.05, 4.69) is 18.1 Å². The molecule has 4 aromatic rings. The van der Waals surface area contributed by atoms with Crippen molar-refractivity contribution in [2.75, 3.05) is 0 Å². The number of nitrogens with zero attached hydrogens (tertiary/aromatic N) is 4. The normalized spacial score (nSPS) is 17.7. The molecule has 2 aromatic carbocycles. The van der Waals surface area contributed by atoms with Crippen molar-refractivity contribution in [2.45, 2.75) is 70.4 Å². The van der Waals surface area contributed by atoms with Crippen LogP contribution in [0.1, 0.15) is 73.9 Å². The Balaban J connectivity index is 1.59. The quantitative estimate of drug-likeness (QED) is 0.360. The largest absolute Gasteiger partial charge is 0.393 e. The number of aliphatic hydroxyl groups is 1. The average Bonchev–Trinajstić information content (AvgIpc) is 3.39. The van der Waals surface area contributed by atoms with E-state index in [1.165, 1.54) is 6.07 Å². The molecule has 6 nitrogen and oxygen atoms in total. The summed E-state index contributed by atoms with van der Waals surface area (Å²) in [5.41, 5.74) is 4.27. The number of rotatable bonds is 7.